The van der Waals surface area contributed by atoms with Crippen LogP contribution >= 0.6 is 0 Å². The monoisotopic (exact) mass is 358 g/mol. The molecule has 8 unspecified atom stereocenters. The number of allylic oxidation sites excluding steroid dienone is 1. The molecule has 4 aliphatic carbocycles. The van der Waals surface area contributed by atoms with Crippen LogP contribution in [0.15, 0.2) is 12.7 Å². The first kappa shape index (κ1) is 20.2. The minimum absolute atomic E-state index is 0.296. The number of hydrogen-bond acceptors (Lipinski definition) is 1. The van der Waals surface area contributed by atoms with Gasteiger partial charge in [-0.05, 0) is 105 Å². The minimum Gasteiger partial charge on any atom is -0.300 e. The lowest BCUT2D eigenvalue weighted by atomic mass is 9.43. The van der Waals surface area contributed by atoms with Gasteiger partial charge in [-0.25, -0.2) is 0 Å². The van der Waals surface area contributed by atoms with Crippen LogP contribution in [0.1, 0.15) is 92.4 Å². The molecule has 0 spiro atoms. The van der Waals surface area contributed by atoms with Crippen molar-refractivity contribution in [3.8, 4) is 0 Å². The quantitative estimate of drug-likeness (QED) is 0.483. The molecule has 148 valence electrons. The van der Waals surface area contributed by atoms with E-state index in [4.69, 9.17) is 0 Å². The van der Waals surface area contributed by atoms with Crippen molar-refractivity contribution in [2.45, 2.75) is 92.4 Å². The number of carbonyl (C=O) groups is 1. The topological polar surface area (TPSA) is 17.1 Å². The van der Waals surface area contributed by atoms with E-state index >= 15 is 0 Å². The highest BCUT2D eigenvalue weighted by Gasteiger charge is 2.61. The lowest BCUT2D eigenvalue weighted by molar-refractivity contribution is -0.131. The molecular formula is C25H42O. The van der Waals surface area contributed by atoms with E-state index in [1.807, 2.05) is 20.8 Å². The Hall–Kier alpha value is -0.590. The summed E-state index contributed by atoms with van der Waals surface area (Å²) in [5.41, 5.74) is 0.717. The molecule has 8 atom stereocenters. The molecule has 0 bridgehead atoms. The van der Waals surface area contributed by atoms with Gasteiger partial charge in [0.25, 0.3) is 0 Å². The van der Waals surface area contributed by atoms with E-state index in [9.17, 15) is 4.79 Å². The van der Waals surface area contributed by atoms with Gasteiger partial charge in [0.05, 0.1) is 0 Å². The molecule has 26 heavy (non-hydrogen) atoms. The Morgan fingerprint density at radius 1 is 1.00 bits per heavy atom. The highest BCUT2D eigenvalue weighted by atomic mass is 16.1. The number of Topliss-reactive ketones (excluding diaryl/α,β-unsaturated/α-hetero) is 1. The molecule has 4 fully saturated rings. The predicted molar refractivity (Wildman–Crippen MR) is 111 cm³/mol. The SMILES string of the molecule is C=CC12CCC(C)CC1CCC1C3CCC(C(C)=O)C3(C)CCC12.CC. The van der Waals surface area contributed by atoms with Gasteiger partial charge in [-0.3, -0.25) is 4.79 Å². The zero-order chi connectivity index (χ0) is 19.1. The van der Waals surface area contributed by atoms with Crippen LogP contribution in [-0.4, -0.2) is 5.78 Å². The van der Waals surface area contributed by atoms with E-state index in [-0.39, 0.29) is 0 Å². The van der Waals surface area contributed by atoms with Crippen LogP contribution in [0.25, 0.3) is 0 Å². The lowest BCUT2D eigenvalue weighted by Crippen LogP contribution is -2.54. The van der Waals surface area contributed by atoms with Crippen LogP contribution in [-0.2, 0) is 4.79 Å². The van der Waals surface area contributed by atoms with Crippen LogP contribution in [0, 0.1) is 46.3 Å². The molecule has 1 heteroatoms. The summed E-state index contributed by atoms with van der Waals surface area (Å²) in [6.07, 6.45) is 14.5. The maximum atomic E-state index is 12.2. The molecule has 4 saturated carbocycles. The Bertz CT molecular complexity index is 536. The van der Waals surface area contributed by atoms with E-state index < -0.39 is 0 Å². The largest absolute Gasteiger partial charge is 0.300 e. The van der Waals surface area contributed by atoms with Gasteiger partial charge in [-0.2, -0.15) is 0 Å². The molecule has 0 N–H and O–H groups in total. The van der Waals surface area contributed by atoms with Gasteiger partial charge in [-0.1, -0.05) is 33.8 Å². The van der Waals surface area contributed by atoms with Gasteiger partial charge >= 0.3 is 0 Å². The van der Waals surface area contributed by atoms with Gasteiger partial charge in [0, 0.05) is 5.92 Å². The highest BCUT2D eigenvalue weighted by Crippen LogP contribution is 2.68. The molecule has 4 aliphatic rings. The van der Waals surface area contributed by atoms with Gasteiger partial charge < -0.3 is 0 Å². The second kappa shape index (κ2) is 7.44. The number of ketones is 1. The number of carbonyl (C=O) groups excluding carboxylic acids is 1. The van der Waals surface area contributed by atoms with Crippen molar-refractivity contribution in [1.29, 1.82) is 0 Å². The first-order valence-corrected chi connectivity index (χ1v) is 11.6. The van der Waals surface area contributed by atoms with Crippen molar-refractivity contribution in [3.63, 3.8) is 0 Å². The zero-order valence-electron chi connectivity index (χ0n) is 18.0. The minimum atomic E-state index is 0.296. The second-order valence-corrected chi connectivity index (χ2v) is 10.1. The molecule has 0 aromatic carbocycles. The summed E-state index contributed by atoms with van der Waals surface area (Å²) in [6.45, 7) is 15.1. The van der Waals surface area contributed by atoms with Crippen molar-refractivity contribution >= 4 is 5.78 Å². The third kappa shape index (κ3) is 2.83. The van der Waals surface area contributed by atoms with Crippen molar-refractivity contribution < 1.29 is 4.79 Å². The molecule has 0 aromatic rings. The van der Waals surface area contributed by atoms with Crippen LogP contribution in [0.5, 0.6) is 0 Å². The van der Waals surface area contributed by atoms with Crippen LogP contribution in [0.4, 0.5) is 0 Å². The Morgan fingerprint density at radius 2 is 1.73 bits per heavy atom. The number of hydrogen-bond donors (Lipinski definition) is 0. The summed E-state index contributed by atoms with van der Waals surface area (Å²) >= 11 is 0. The Kier molecular flexibility index (Phi) is 5.76. The molecule has 0 aliphatic heterocycles. The average molecular weight is 359 g/mol. The smallest absolute Gasteiger partial charge is 0.133 e. The van der Waals surface area contributed by atoms with Crippen molar-refractivity contribution in [1.82, 2.24) is 0 Å². The molecule has 0 heterocycles. The first-order chi connectivity index (χ1) is 12.4. The third-order valence-electron chi connectivity index (χ3n) is 9.36. The first-order valence-electron chi connectivity index (χ1n) is 11.6. The summed E-state index contributed by atoms with van der Waals surface area (Å²) < 4.78 is 0. The average Bonchev–Trinajstić information content (AvgIpc) is 3.00. The molecule has 0 aromatic heterocycles. The predicted octanol–water partition coefficient (Wildman–Crippen LogP) is 7.06. The van der Waals surface area contributed by atoms with Crippen molar-refractivity contribution in [3.05, 3.63) is 12.7 Å². The Labute approximate surface area is 162 Å². The maximum absolute atomic E-state index is 12.2. The Balaban J connectivity index is 0.000000948. The van der Waals surface area contributed by atoms with Crippen LogP contribution in [0.2, 0.25) is 0 Å². The second-order valence-electron chi connectivity index (χ2n) is 10.1. The van der Waals surface area contributed by atoms with Crippen molar-refractivity contribution in [2.75, 3.05) is 0 Å². The van der Waals surface area contributed by atoms with Gasteiger partial charge in [0.2, 0.25) is 0 Å². The van der Waals surface area contributed by atoms with E-state index in [1.54, 1.807) is 0 Å². The molecule has 0 radical (unpaired) electrons. The van der Waals surface area contributed by atoms with E-state index in [0.717, 1.165) is 36.0 Å². The van der Waals surface area contributed by atoms with Gasteiger partial charge in [0.1, 0.15) is 5.78 Å². The summed E-state index contributed by atoms with van der Waals surface area (Å²) in [6, 6.07) is 0. The van der Waals surface area contributed by atoms with Gasteiger partial charge in [-0.15, -0.1) is 6.58 Å². The number of fused-ring (bicyclic) bond motifs is 5. The van der Waals surface area contributed by atoms with Crippen LogP contribution in [0.3, 0.4) is 0 Å². The summed E-state index contributed by atoms with van der Waals surface area (Å²) in [5.74, 6) is 5.09. The molecular weight excluding hydrogens is 316 g/mol. The molecule has 4 rings (SSSR count). The van der Waals surface area contributed by atoms with E-state index in [0.29, 0.717) is 22.5 Å². The molecule has 1 nitrogen and oxygen atoms in total. The van der Waals surface area contributed by atoms with Crippen molar-refractivity contribution in [2.24, 2.45) is 46.3 Å². The van der Waals surface area contributed by atoms with Gasteiger partial charge in [0.15, 0.2) is 0 Å². The van der Waals surface area contributed by atoms with Crippen LogP contribution < -0.4 is 0 Å². The maximum Gasteiger partial charge on any atom is 0.133 e. The highest BCUT2D eigenvalue weighted by molar-refractivity contribution is 5.79. The summed E-state index contributed by atoms with van der Waals surface area (Å²) in [7, 11) is 0. The fraction of sp³-hybridized carbons (Fsp3) is 0.880. The molecule has 0 saturated heterocycles. The third-order valence-corrected chi connectivity index (χ3v) is 9.36. The lowest BCUT2D eigenvalue weighted by Gasteiger charge is -2.61. The summed E-state index contributed by atoms with van der Waals surface area (Å²) in [4.78, 5) is 12.2. The Morgan fingerprint density at radius 3 is 2.38 bits per heavy atom. The fourth-order valence-electron chi connectivity index (χ4n) is 8.24. The molecule has 0 amide bonds. The number of rotatable bonds is 2. The van der Waals surface area contributed by atoms with E-state index in [1.165, 1.54) is 51.4 Å². The fourth-order valence-corrected chi connectivity index (χ4v) is 8.24. The zero-order valence-corrected chi connectivity index (χ0v) is 18.0. The van der Waals surface area contributed by atoms with E-state index in [2.05, 4.69) is 26.5 Å². The standard InChI is InChI=1S/C23H36O.C2H6/c1-5-23-13-10-15(2)14-17(23)6-7-18-20-9-8-19(16(3)24)22(20,4)12-11-21(18)23;1-2/h5,15,17-21H,1,6-14H2,2-4H3;1-2H3. The normalized spacial score (nSPS) is 49.7. The summed E-state index contributed by atoms with van der Waals surface area (Å²) in [5, 5.41) is 0.